The first kappa shape index (κ1) is 23.8. The molecule has 6 nitrogen and oxygen atoms in total. The summed E-state index contributed by atoms with van der Waals surface area (Å²) < 4.78 is 41.6. The Balaban J connectivity index is 1.59. The molecule has 0 radical (unpaired) electrons. The van der Waals surface area contributed by atoms with E-state index in [4.69, 9.17) is 21.1 Å². The maximum Gasteiger partial charge on any atom is 0.277 e. The highest BCUT2D eigenvalue weighted by Crippen LogP contribution is 2.30. The van der Waals surface area contributed by atoms with Crippen LogP contribution in [-0.4, -0.2) is 28.3 Å². The van der Waals surface area contributed by atoms with E-state index in [0.717, 1.165) is 5.56 Å². The molecule has 2 heterocycles. The number of benzene rings is 3. The number of hydrogen-bond acceptors (Lipinski definition) is 4. The summed E-state index contributed by atoms with van der Waals surface area (Å²) in [5, 5.41) is 0.761. The predicted molar refractivity (Wildman–Crippen MR) is 135 cm³/mol. The highest BCUT2D eigenvalue weighted by atomic mass is 35.5. The van der Waals surface area contributed by atoms with Crippen LogP contribution in [0.2, 0.25) is 5.02 Å². The molecule has 0 amide bonds. The fraction of sp³-hybridized carbons (Fsp3) is 0.185. The van der Waals surface area contributed by atoms with Gasteiger partial charge in [0, 0.05) is 23.5 Å². The van der Waals surface area contributed by atoms with Crippen LogP contribution in [0.3, 0.4) is 0 Å². The monoisotopic (exact) mass is 509 g/mol. The topological polar surface area (TPSA) is 58.3 Å². The Hall–Kier alpha value is -3.91. The lowest BCUT2D eigenvalue weighted by Gasteiger charge is -2.12. The first-order valence-electron chi connectivity index (χ1n) is 11.2. The second-order valence-corrected chi connectivity index (χ2v) is 8.77. The van der Waals surface area contributed by atoms with Crippen LogP contribution in [0.4, 0.5) is 8.78 Å². The van der Waals surface area contributed by atoms with E-state index in [1.165, 1.54) is 35.2 Å². The van der Waals surface area contributed by atoms with Crippen molar-refractivity contribution < 1.29 is 18.3 Å². The van der Waals surface area contributed by atoms with Crippen molar-refractivity contribution in [2.24, 2.45) is 0 Å². The molecule has 3 aromatic carbocycles. The van der Waals surface area contributed by atoms with Crippen LogP contribution in [0.1, 0.15) is 11.1 Å². The summed E-state index contributed by atoms with van der Waals surface area (Å²) in [6.45, 7) is 0.561. The molecular weight excluding hydrogens is 488 g/mol. The molecule has 5 rings (SSSR count). The molecular formula is C27H22ClF2N3O3. The van der Waals surface area contributed by atoms with E-state index in [1.54, 1.807) is 30.9 Å². The van der Waals surface area contributed by atoms with Crippen LogP contribution in [0.25, 0.3) is 21.9 Å². The van der Waals surface area contributed by atoms with E-state index in [2.05, 4.69) is 4.98 Å². The van der Waals surface area contributed by atoms with E-state index in [9.17, 15) is 13.6 Å². The largest absolute Gasteiger partial charge is 0.493 e. The lowest BCUT2D eigenvalue weighted by atomic mass is 10.1. The van der Waals surface area contributed by atoms with Gasteiger partial charge in [-0.1, -0.05) is 23.7 Å². The molecule has 0 spiro atoms. The SMILES string of the molecule is COc1ccc(CCn2cnc3c4cc(F)ccc4n(Cc4ccc(F)cc4Cl)c3c2=O)cc1OC. The van der Waals surface area contributed by atoms with Gasteiger partial charge in [-0.15, -0.1) is 0 Å². The van der Waals surface area contributed by atoms with Gasteiger partial charge < -0.3 is 14.0 Å². The minimum atomic E-state index is -0.452. The zero-order valence-corrected chi connectivity index (χ0v) is 20.4. The van der Waals surface area contributed by atoms with Gasteiger partial charge in [0.05, 0.1) is 26.1 Å². The molecule has 184 valence electrons. The van der Waals surface area contributed by atoms with Crippen LogP contribution >= 0.6 is 11.6 Å². The summed E-state index contributed by atoms with van der Waals surface area (Å²) in [4.78, 5) is 18.2. The quantitative estimate of drug-likeness (QED) is 0.287. The fourth-order valence-electron chi connectivity index (χ4n) is 4.40. The summed E-state index contributed by atoms with van der Waals surface area (Å²) in [6.07, 6.45) is 2.02. The molecule has 0 aliphatic carbocycles. The first-order chi connectivity index (χ1) is 17.4. The molecule has 0 aliphatic rings. The minimum Gasteiger partial charge on any atom is -0.493 e. The van der Waals surface area contributed by atoms with Crippen molar-refractivity contribution in [2.75, 3.05) is 14.2 Å². The van der Waals surface area contributed by atoms with Gasteiger partial charge >= 0.3 is 0 Å². The third-order valence-electron chi connectivity index (χ3n) is 6.22. The Morgan fingerprint density at radius 1 is 0.944 bits per heavy atom. The predicted octanol–water partition coefficient (Wildman–Crippen LogP) is 5.59. The molecule has 2 aromatic heterocycles. The molecule has 0 unspecified atom stereocenters. The number of aromatic nitrogens is 3. The van der Waals surface area contributed by atoms with Gasteiger partial charge in [-0.05, 0) is 60.0 Å². The molecule has 0 bridgehead atoms. The van der Waals surface area contributed by atoms with E-state index >= 15 is 0 Å². The average molecular weight is 510 g/mol. The van der Waals surface area contributed by atoms with Crippen molar-refractivity contribution in [2.45, 2.75) is 19.5 Å². The molecule has 0 N–H and O–H groups in total. The summed E-state index contributed by atoms with van der Waals surface area (Å²) in [6, 6.07) is 14.0. The number of nitrogens with zero attached hydrogens (tertiary/aromatic N) is 3. The second kappa shape index (κ2) is 9.62. The zero-order chi connectivity index (χ0) is 25.4. The Morgan fingerprint density at radius 2 is 1.69 bits per heavy atom. The summed E-state index contributed by atoms with van der Waals surface area (Å²) >= 11 is 6.28. The van der Waals surface area contributed by atoms with Gasteiger partial charge in [0.15, 0.2) is 11.5 Å². The maximum atomic E-state index is 14.1. The average Bonchev–Trinajstić information content (AvgIpc) is 3.18. The molecule has 5 aromatic rings. The first-order valence-corrected chi connectivity index (χ1v) is 11.6. The third kappa shape index (κ3) is 4.28. The highest BCUT2D eigenvalue weighted by molar-refractivity contribution is 6.31. The number of rotatable bonds is 7. The van der Waals surface area contributed by atoms with E-state index in [-0.39, 0.29) is 17.1 Å². The standard InChI is InChI=1S/C27H22ClF2N3O3/c1-35-23-8-3-16(11-24(23)36-2)9-10-32-15-31-25-20-12-18(29)6-7-22(20)33(26(25)27(32)34)14-17-4-5-19(30)13-21(17)28/h3-8,11-13,15H,9-10,14H2,1-2H3. The molecule has 9 heteroatoms. The van der Waals surface area contributed by atoms with E-state index < -0.39 is 11.6 Å². The van der Waals surface area contributed by atoms with Crippen LogP contribution in [0, 0.1) is 11.6 Å². The lowest BCUT2D eigenvalue weighted by molar-refractivity contribution is 0.354. The molecule has 0 saturated heterocycles. The van der Waals surface area contributed by atoms with Crippen LogP contribution in [-0.2, 0) is 19.5 Å². The number of fused-ring (bicyclic) bond motifs is 3. The van der Waals surface area contributed by atoms with Crippen molar-refractivity contribution >= 4 is 33.5 Å². The molecule has 0 saturated carbocycles. The maximum absolute atomic E-state index is 14.1. The Labute approximate surface area is 210 Å². The zero-order valence-electron chi connectivity index (χ0n) is 19.6. The van der Waals surface area contributed by atoms with Gasteiger partial charge in [0.1, 0.15) is 22.7 Å². The van der Waals surface area contributed by atoms with E-state index in [1.807, 2.05) is 18.2 Å². The molecule has 0 atom stereocenters. The summed E-state index contributed by atoms with van der Waals surface area (Å²) in [5.41, 5.74) is 2.67. The van der Waals surface area contributed by atoms with Crippen molar-refractivity contribution in [1.29, 1.82) is 0 Å². The van der Waals surface area contributed by atoms with Gasteiger partial charge in [0.25, 0.3) is 5.56 Å². The molecule has 36 heavy (non-hydrogen) atoms. The van der Waals surface area contributed by atoms with Crippen molar-refractivity contribution in [3.05, 3.63) is 99.1 Å². The van der Waals surface area contributed by atoms with Crippen LogP contribution in [0.15, 0.2) is 65.7 Å². The Kier molecular flexibility index (Phi) is 6.36. The smallest absolute Gasteiger partial charge is 0.277 e. The Bertz CT molecular complexity index is 1660. The van der Waals surface area contributed by atoms with Crippen molar-refractivity contribution in [3.8, 4) is 11.5 Å². The second-order valence-electron chi connectivity index (χ2n) is 8.36. The lowest BCUT2D eigenvalue weighted by Crippen LogP contribution is -2.23. The summed E-state index contributed by atoms with van der Waals surface area (Å²) in [5.74, 6) is 0.347. The highest BCUT2D eigenvalue weighted by Gasteiger charge is 2.18. The normalized spacial score (nSPS) is 11.4. The fourth-order valence-corrected chi connectivity index (χ4v) is 4.63. The van der Waals surface area contributed by atoms with Crippen LogP contribution in [0.5, 0.6) is 11.5 Å². The number of halogens is 3. The molecule has 0 aliphatic heterocycles. The van der Waals surface area contributed by atoms with Gasteiger partial charge in [-0.2, -0.15) is 0 Å². The van der Waals surface area contributed by atoms with Crippen LogP contribution < -0.4 is 15.0 Å². The van der Waals surface area contributed by atoms with Gasteiger partial charge in [0.2, 0.25) is 0 Å². The summed E-state index contributed by atoms with van der Waals surface area (Å²) in [7, 11) is 3.14. The third-order valence-corrected chi connectivity index (χ3v) is 6.57. The van der Waals surface area contributed by atoms with Crippen molar-refractivity contribution in [1.82, 2.24) is 14.1 Å². The van der Waals surface area contributed by atoms with Crippen molar-refractivity contribution in [3.63, 3.8) is 0 Å². The van der Waals surface area contributed by atoms with Gasteiger partial charge in [-0.25, -0.2) is 13.8 Å². The van der Waals surface area contributed by atoms with Gasteiger partial charge in [-0.3, -0.25) is 9.36 Å². The number of ether oxygens (including phenoxy) is 2. The molecule has 0 fully saturated rings. The number of hydrogen-bond donors (Lipinski definition) is 0. The Morgan fingerprint density at radius 3 is 2.44 bits per heavy atom. The van der Waals surface area contributed by atoms with E-state index in [0.29, 0.717) is 52.0 Å². The number of aryl methyl sites for hydroxylation is 2. The minimum absolute atomic E-state index is 0.196. The number of methoxy groups -OCH3 is 2.